The van der Waals surface area contributed by atoms with Crippen molar-refractivity contribution in [2.75, 3.05) is 0 Å². The van der Waals surface area contributed by atoms with E-state index in [9.17, 15) is 4.79 Å². The number of allylic oxidation sites excluding steroid dienone is 3. The van der Waals surface area contributed by atoms with E-state index >= 15 is 0 Å². The molecule has 82 valence electrons. The van der Waals surface area contributed by atoms with Crippen LogP contribution in [0.3, 0.4) is 0 Å². The summed E-state index contributed by atoms with van der Waals surface area (Å²) >= 11 is 0. The Bertz CT molecular complexity index is 440. The second-order valence-corrected chi connectivity index (χ2v) is 4.07. The molecule has 0 aliphatic heterocycles. The Balaban J connectivity index is 2.31. The summed E-state index contributed by atoms with van der Waals surface area (Å²) in [4.78, 5) is 11.1. The summed E-state index contributed by atoms with van der Waals surface area (Å²) in [6.07, 6.45) is 7.39. The maximum atomic E-state index is 11.1. The Morgan fingerprint density at radius 1 is 1.12 bits per heavy atom. The van der Waals surface area contributed by atoms with Crippen LogP contribution in [0.15, 0.2) is 48.6 Å². The van der Waals surface area contributed by atoms with Gasteiger partial charge in [-0.15, -0.1) is 0 Å². The molecule has 0 spiro atoms. The molecule has 16 heavy (non-hydrogen) atoms. The van der Waals surface area contributed by atoms with Crippen molar-refractivity contribution >= 4 is 5.97 Å². The van der Waals surface area contributed by atoms with E-state index in [0.717, 1.165) is 5.56 Å². The Morgan fingerprint density at radius 3 is 2.38 bits per heavy atom. The Hall–Kier alpha value is -1.83. The van der Waals surface area contributed by atoms with Gasteiger partial charge >= 0.3 is 5.97 Å². The normalized spacial score (nSPS) is 23.3. The third kappa shape index (κ3) is 2.06. The summed E-state index contributed by atoms with van der Waals surface area (Å²) in [6, 6.07) is 8.03. The van der Waals surface area contributed by atoms with Gasteiger partial charge in [-0.2, -0.15) is 0 Å². The summed E-state index contributed by atoms with van der Waals surface area (Å²) < 4.78 is 0. The zero-order valence-corrected chi connectivity index (χ0v) is 9.13. The predicted molar refractivity (Wildman–Crippen MR) is 63.3 cm³/mol. The molecule has 0 amide bonds. The van der Waals surface area contributed by atoms with Crippen LogP contribution < -0.4 is 0 Å². The Labute approximate surface area is 94.9 Å². The molecule has 0 saturated carbocycles. The smallest absolute Gasteiger partial charge is 0.311 e. The van der Waals surface area contributed by atoms with E-state index < -0.39 is 11.9 Å². The third-order valence-electron chi connectivity index (χ3n) is 2.88. The van der Waals surface area contributed by atoms with Crippen LogP contribution >= 0.6 is 0 Å². The third-order valence-corrected chi connectivity index (χ3v) is 2.88. The van der Waals surface area contributed by atoms with Gasteiger partial charge in [0.2, 0.25) is 0 Å². The van der Waals surface area contributed by atoms with Crippen LogP contribution in [0.2, 0.25) is 0 Å². The highest BCUT2D eigenvalue weighted by molar-refractivity contribution is 5.74. The van der Waals surface area contributed by atoms with Crippen LogP contribution in [0, 0.1) is 12.8 Å². The maximum Gasteiger partial charge on any atom is 0.311 e. The first-order chi connectivity index (χ1) is 7.68. The van der Waals surface area contributed by atoms with E-state index in [1.165, 1.54) is 5.56 Å². The summed E-state index contributed by atoms with van der Waals surface area (Å²) in [6.45, 7) is 2.02. The molecule has 1 N–H and O–H groups in total. The number of hydrogen-bond donors (Lipinski definition) is 1. The van der Waals surface area contributed by atoms with Crippen LogP contribution in [-0.4, -0.2) is 11.1 Å². The van der Waals surface area contributed by atoms with E-state index in [-0.39, 0.29) is 5.92 Å². The molecule has 1 aromatic rings. The first-order valence-corrected chi connectivity index (χ1v) is 5.33. The van der Waals surface area contributed by atoms with Crippen molar-refractivity contribution in [1.29, 1.82) is 0 Å². The highest BCUT2D eigenvalue weighted by atomic mass is 16.4. The van der Waals surface area contributed by atoms with Crippen molar-refractivity contribution in [3.05, 3.63) is 59.7 Å². The SMILES string of the molecule is Cc1ccc(C2C=CC=CC2C(=O)O)cc1. The summed E-state index contributed by atoms with van der Waals surface area (Å²) in [7, 11) is 0. The molecule has 0 aromatic heterocycles. The number of benzene rings is 1. The lowest BCUT2D eigenvalue weighted by Crippen LogP contribution is -2.20. The molecule has 0 fully saturated rings. The van der Waals surface area contributed by atoms with Crippen molar-refractivity contribution in [2.24, 2.45) is 5.92 Å². The van der Waals surface area contributed by atoms with Crippen LogP contribution in [0.1, 0.15) is 17.0 Å². The van der Waals surface area contributed by atoms with E-state index in [2.05, 4.69) is 0 Å². The van der Waals surface area contributed by atoms with Crippen LogP contribution in [-0.2, 0) is 4.79 Å². The zero-order valence-electron chi connectivity index (χ0n) is 9.13. The highest BCUT2D eigenvalue weighted by Gasteiger charge is 2.26. The molecule has 1 aliphatic rings. The van der Waals surface area contributed by atoms with Gasteiger partial charge < -0.3 is 5.11 Å². The van der Waals surface area contributed by atoms with Gasteiger partial charge in [0.25, 0.3) is 0 Å². The summed E-state index contributed by atoms with van der Waals surface area (Å²) in [5, 5.41) is 9.14. The minimum atomic E-state index is -0.772. The van der Waals surface area contributed by atoms with Gasteiger partial charge in [0.05, 0.1) is 5.92 Å². The van der Waals surface area contributed by atoms with Crippen LogP contribution in [0.5, 0.6) is 0 Å². The number of aryl methyl sites for hydroxylation is 1. The zero-order chi connectivity index (χ0) is 11.5. The van der Waals surface area contributed by atoms with E-state index in [1.807, 2.05) is 43.3 Å². The van der Waals surface area contributed by atoms with E-state index in [0.29, 0.717) is 0 Å². The van der Waals surface area contributed by atoms with Gasteiger partial charge in [-0.1, -0.05) is 54.1 Å². The first-order valence-electron chi connectivity index (χ1n) is 5.33. The number of rotatable bonds is 2. The molecule has 0 saturated heterocycles. The summed E-state index contributed by atoms with van der Waals surface area (Å²) in [5.41, 5.74) is 2.24. The van der Waals surface area contributed by atoms with E-state index in [4.69, 9.17) is 5.11 Å². The number of carbonyl (C=O) groups is 1. The van der Waals surface area contributed by atoms with Gasteiger partial charge in [0.15, 0.2) is 0 Å². The van der Waals surface area contributed by atoms with Crippen molar-refractivity contribution in [3.63, 3.8) is 0 Å². The standard InChI is InChI=1S/C14H14O2/c1-10-6-8-11(9-7-10)12-4-2-3-5-13(12)14(15)16/h2-9,12-13H,1H3,(H,15,16). The van der Waals surface area contributed by atoms with Crippen molar-refractivity contribution < 1.29 is 9.90 Å². The van der Waals surface area contributed by atoms with Gasteiger partial charge in [0, 0.05) is 5.92 Å². The number of hydrogen-bond acceptors (Lipinski definition) is 1. The van der Waals surface area contributed by atoms with Crippen molar-refractivity contribution in [1.82, 2.24) is 0 Å². The highest BCUT2D eigenvalue weighted by Crippen LogP contribution is 2.30. The Kier molecular flexibility index (Phi) is 2.91. The van der Waals surface area contributed by atoms with E-state index in [1.54, 1.807) is 12.2 Å². The minimum absolute atomic E-state index is 0.0527. The van der Waals surface area contributed by atoms with Gasteiger partial charge in [0.1, 0.15) is 0 Å². The molecular formula is C14H14O2. The second kappa shape index (κ2) is 4.35. The lowest BCUT2D eigenvalue weighted by atomic mass is 9.83. The molecule has 0 radical (unpaired) electrons. The number of carboxylic acid groups (broad SMARTS) is 1. The van der Waals surface area contributed by atoms with Crippen LogP contribution in [0.25, 0.3) is 0 Å². The molecule has 0 bridgehead atoms. The Morgan fingerprint density at radius 2 is 1.75 bits per heavy atom. The lowest BCUT2D eigenvalue weighted by Gasteiger charge is -2.21. The van der Waals surface area contributed by atoms with Gasteiger partial charge in [-0.25, -0.2) is 0 Å². The molecule has 2 nitrogen and oxygen atoms in total. The lowest BCUT2D eigenvalue weighted by molar-refractivity contribution is -0.140. The molecule has 2 atom stereocenters. The fourth-order valence-electron chi connectivity index (χ4n) is 1.95. The monoisotopic (exact) mass is 214 g/mol. The predicted octanol–water partition coefficient (Wildman–Crippen LogP) is 2.91. The maximum absolute atomic E-state index is 11.1. The topological polar surface area (TPSA) is 37.3 Å². The molecule has 0 heterocycles. The van der Waals surface area contributed by atoms with Crippen molar-refractivity contribution in [2.45, 2.75) is 12.8 Å². The first kappa shape index (κ1) is 10.7. The molecule has 2 unspecified atom stereocenters. The minimum Gasteiger partial charge on any atom is -0.481 e. The quantitative estimate of drug-likeness (QED) is 0.821. The van der Waals surface area contributed by atoms with Crippen molar-refractivity contribution in [3.8, 4) is 0 Å². The average molecular weight is 214 g/mol. The fourth-order valence-corrected chi connectivity index (χ4v) is 1.95. The van der Waals surface area contributed by atoms with Crippen LogP contribution in [0.4, 0.5) is 0 Å². The molecule has 1 aliphatic carbocycles. The molecule has 1 aromatic carbocycles. The fraction of sp³-hybridized carbons (Fsp3) is 0.214. The molecular weight excluding hydrogens is 200 g/mol. The molecule has 2 rings (SSSR count). The molecule has 2 heteroatoms. The largest absolute Gasteiger partial charge is 0.481 e. The number of carboxylic acids is 1. The summed E-state index contributed by atoms with van der Waals surface area (Å²) in [5.74, 6) is -1.28. The average Bonchev–Trinajstić information content (AvgIpc) is 2.30. The second-order valence-electron chi connectivity index (χ2n) is 4.07. The van der Waals surface area contributed by atoms with Gasteiger partial charge in [-0.3, -0.25) is 4.79 Å². The number of aliphatic carboxylic acids is 1. The van der Waals surface area contributed by atoms with Gasteiger partial charge in [-0.05, 0) is 12.5 Å².